The topological polar surface area (TPSA) is 29.5 Å². The Labute approximate surface area is 73.9 Å². The maximum absolute atomic E-state index is 10.3. The molecule has 2 rings (SSSR count). The zero-order chi connectivity index (χ0) is 8.82. The molecule has 70 valence electrons. The second kappa shape index (κ2) is 2.46. The summed E-state index contributed by atoms with van der Waals surface area (Å²) in [5.41, 5.74) is -0.871. The summed E-state index contributed by atoms with van der Waals surface area (Å²) in [4.78, 5) is 0. The van der Waals surface area contributed by atoms with Gasteiger partial charge in [0.1, 0.15) is 0 Å². The van der Waals surface area contributed by atoms with E-state index in [4.69, 9.17) is 4.74 Å². The highest BCUT2D eigenvalue weighted by molar-refractivity contribution is 5.02. The van der Waals surface area contributed by atoms with Crippen LogP contribution < -0.4 is 0 Å². The van der Waals surface area contributed by atoms with E-state index in [0.717, 1.165) is 25.4 Å². The second-order valence-corrected chi connectivity index (χ2v) is 4.79. The Kier molecular flexibility index (Phi) is 1.74. The van der Waals surface area contributed by atoms with E-state index in [1.165, 1.54) is 12.8 Å². The Hall–Kier alpha value is -0.0800. The largest absolute Gasteiger partial charge is 0.387 e. The van der Waals surface area contributed by atoms with Gasteiger partial charge in [-0.3, -0.25) is 0 Å². The first-order valence-corrected chi connectivity index (χ1v) is 4.90. The molecule has 0 spiro atoms. The number of aliphatic hydroxyl groups is 1. The van der Waals surface area contributed by atoms with Crippen molar-refractivity contribution in [3.8, 4) is 0 Å². The van der Waals surface area contributed by atoms with Gasteiger partial charge in [-0.2, -0.15) is 0 Å². The highest BCUT2D eigenvalue weighted by Gasteiger charge is 2.51. The molecule has 1 saturated carbocycles. The highest BCUT2D eigenvalue weighted by Crippen LogP contribution is 2.45. The monoisotopic (exact) mass is 170 g/mol. The number of hydrogen-bond acceptors (Lipinski definition) is 2. The lowest BCUT2D eigenvalue weighted by Gasteiger charge is -2.35. The van der Waals surface area contributed by atoms with Gasteiger partial charge in [0, 0.05) is 6.42 Å². The van der Waals surface area contributed by atoms with E-state index in [0.29, 0.717) is 0 Å². The minimum atomic E-state index is -0.547. The molecule has 0 amide bonds. The van der Waals surface area contributed by atoms with Crippen molar-refractivity contribution in [1.29, 1.82) is 0 Å². The van der Waals surface area contributed by atoms with E-state index in [1.807, 2.05) is 13.8 Å². The van der Waals surface area contributed by atoms with Crippen LogP contribution in [-0.2, 0) is 4.74 Å². The summed E-state index contributed by atoms with van der Waals surface area (Å²) < 4.78 is 5.53. The summed E-state index contributed by atoms with van der Waals surface area (Å²) >= 11 is 0. The van der Waals surface area contributed by atoms with Crippen molar-refractivity contribution in [3.05, 3.63) is 0 Å². The third-order valence-corrected chi connectivity index (χ3v) is 3.42. The molecule has 12 heavy (non-hydrogen) atoms. The molecule has 1 aliphatic carbocycles. The first-order chi connectivity index (χ1) is 5.54. The van der Waals surface area contributed by atoms with E-state index >= 15 is 0 Å². The molecule has 1 aliphatic heterocycles. The van der Waals surface area contributed by atoms with Crippen LogP contribution in [0, 0.1) is 5.92 Å². The predicted molar refractivity (Wildman–Crippen MR) is 46.9 cm³/mol. The lowest BCUT2D eigenvalue weighted by molar-refractivity contribution is -0.104. The summed E-state index contributed by atoms with van der Waals surface area (Å²) in [5.74, 6) is 0.774. The molecular weight excluding hydrogens is 152 g/mol. The zero-order valence-corrected chi connectivity index (χ0v) is 7.97. The molecule has 1 heterocycles. The average Bonchev–Trinajstić information content (AvgIpc) is 2.66. The molecule has 1 atom stereocenters. The van der Waals surface area contributed by atoms with Gasteiger partial charge in [0.15, 0.2) is 0 Å². The van der Waals surface area contributed by atoms with E-state index in [2.05, 4.69) is 0 Å². The standard InChI is InChI=1S/C10H18O2/c1-9(2)10(11,5-6-12-9)7-8-3-4-8/h8,11H,3-7H2,1-2H3. The molecule has 2 fully saturated rings. The summed E-state index contributed by atoms with van der Waals surface area (Å²) in [6.07, 6.45) is 4.37. The molecular formula is C10H18O2. The van der Waals surface area contributed by atoms with Crippen molar-refractivity contribution in [2.24, 2.45) is 5.92 Å². The van der Waals surface area contributed by atoms with Crippen LogP contribution >= 0.6 is 0 Å². The third kappa shape index (κ3) is 1.27. The average molecular weight is 170 g/mol. The Morgan fingerprint density at radius 1 is 1.42 bits per heavy atom. The SMILES string of the molecule is CC1(C)OCCC1(O)CC1CC1. The van der Waals surface area contributed by atoms with Crippen molar-refractivity contribution in [1.82, 2.24) is 0 Å². The van der Waals surface area contributed by atoms with Crippen molar-refractivity contribution < 1.29 is 9.84 Å². The number of rotatable bonds is 2. The molecule has 0 aromatic heterocycles. The first kappa shape index (κ1) is 8.52. The van der Waals surface area contributed by atoms with Crippen LogP contribution in [0.5, 0.6) is 0 Å². The fourth-order valence-corrected chi connectivity index (χ4v) is 2.06. The molecule has 2 nitrogen and oxygen atoms in total. The summed E-state index contributed by atoms with van der Waals surface area (Å²) in [6.45, 7) is 4.72. The van der Waals surface area contributed by atoms with Gasteiger partial charge >= 0.3 is 0 Å². The second-order valence-electron chi connectivity index (χ2n) is 4.79. The molecule has 2 heteroatoms. The molecule has 0 radical (unpaired) electrons. The lowest BCUT2D eigenvalue weighted by atomic mass is 9.81. The van der Waals surface area contributed by atoms with E-state index < -0.39 is 5.60 Å². The maximum Gasteiger partial charge on any atom is 0.0955 e. The predicted octanol–water partition coefficient (Wildman–Crippen LogP) is 1.72. The van der Waals surface area contributed by atoms with Gasteiger partial charge < -0.3 is 9.84 Å². The number of hydrogen-bond donors (Lipinski definition) is 1. The smallest absolute Gasteiger partial charge is 0.0955 e. The Morgan fingerprint density at radius 3 is 2.50 bits per heavy atom. The Morgan fingerprint density at radius 2 is 2.08 bits per heavy atom. The van der Waals surface area contributed by atoms with Crippen molar-refractivity contribution in [2.45, 2.75) is 50.7 Å². The highest BCUT2D eigenvalue weighted by atomic mass is 16.5. The van der Waals surface area contributed by atoms with Gasteiger partial charge in [-0.15, -0.1) is 0 Å². The summed E-state index contributed by atoms with van der Waals surface area (Å²) in [6, 6.07) is 0. The van der Waals surface area contributed by atoms with Gasteiger partial charge in [0.25, 0.3) is 0 Å². The van der Waals surface area contributed by atoms with E-state index in [1.54, 1.807) is 0 Å². The molecule has 0 aromatic carbocycles. The molecule has 1 N–H and O–H groups in total. The van der Waals surface area contributed by atoms with Crippen LogP contribution in [0.15, 0.2) is 0 Å². The zero-order valence-electron chi connectivity index (χ0n) is 7.97. The first-order valence-electron chi connectivity index (χ1n) is 4.90. The van der Waals surface area contributed by atoms with Crippen molar-refractivity contribution in [3.63, 3.8) is 0 Å². The molecule has 0 bridgehead atoms. The third-order valence-electron chi connectivity index (χ3n) is 3.42. The fourth-order valence-electron chi connectivity index (χ4n) is 2.06. The minimum Gasteiger partial charge on any atom is -0.387 e. The summed E-state index contributed by atoms with van der Waals surface area (Å²) in [7, 11) is 0. The van der Waals surface area contributed by atoms with Crippen LogP contribution in [0.1, 0.15) is 39.5 Å². The van der Waals surface area contributed by atoms with Crippen LogP contribution in [-0.4, -0.2) is 22.9 Å². The normalized spacial score (nSPS) is 40.2. The van der Waals surface area contributed by atoms with Crippen molar-refractivity contribution >= 4 is 0 Å². The maximum atomic E-state index is 10.3. The van der Waals surface area contributed by atoms with E-state index in [-0.39, 0.29) is 5.60 Å². The van der Waals surface area contributed by atoms with Gasteiger partial charge in [0.05, 0.1) is 17.8 Å². The van der Waals surface area contributed by atoms with Crippen LogP contribution in [0.25, 0.3) is 0 Å². The van der Waals surface area contributed by atoms with E-state index in [9.17, 15) is 5.11 Å². The molecule has 0 aromatic rings. The molecule has 2 aliphatic rings. The van der Waals surface area contributed by atoms with Gasteiger partial charge in [-0.05, 0) is 26.2 Å². The van der Waals surface area contributed by atoms with Crippen molar-refractivity contribution in [2.75, 3.05) is 6.61 Å². The van der Waals surface area contributed by atoms with Gasteiger partial charge in [-0.1, -0.05) is 12.8 Å². The Balaban J connectivity index is 2.06. The number of ether oxygens (including phenoxy) is 1. The minimum absolute atomic E-state index is 0.324. The fraction of sp³-hybridized carbons (Fsp3) is 1.00. The van der Waals surface area contributed by atoms with Gasteiger partial charge in [0.2, 0.25) is 0 Å². The van der Waals surface area contributed by atoms with Crippen LogP contribution in [0.3, 0.4) is 0 Å². The lowest BCUT2D eigenvalue weighted by Crippen LogP contribution is -2.46. The van der Waals surface area contributed by atoms with Crippen LogP contribution in [0.4, 0.5) is 0 Å². The quantitative estimate of drug-likeness (QED) is 0.683. The molecule has 1 unspecified atom stereocenters. The van der Waals surface area contributed by atoms with Gasteiger partial charge in [-0.25, -0.2) is 0 Å². The summed E-state index contributed by atoms with van der Waals surface area (Å²) in [5, 5.41) is 10.3. The van der Waals surface area contributed by atoms with Crippen LogP contribution in [0.2, 0.25) is 0 Å². The Bertz CT molecular complexity index is 184. The molecule has 1 saturated heterocycles.